The van der Waals surface area contributed by atoms with Crippen LogP contribution in [0.5, 0.6) is 0 Å². The standard InChI is InChI=1S/C21H29N5O3.HI/c1-12-16(13(2)29-25-12)7-9-24-21(22-3)23-8-4-10-26-19(27)17-14-5-6-15(11-14)18(17)20(26)28;/h5-6,14-15,17-18H,4,7-11H2,1-3H3,(H2,22,23,24);1H. The summed E-state index contributed by atoms with van der Waals surface area (Å²) < 4.78 is 5.18. The maximum atomic E-state index is 12.7. The fourth-order valence-electron chi connectivity index (χ4n) is 5.01. The van der Waals surface area contributed by atoms with Gasteiger partial charge in [0.1, 0.15) is 5.76 Å². The molecule has 0 aromatic carbocycles. The molecule has 8 nitrogen and oxygen atoms in total. The van der Waals surface area contributed by atoms with Crippen molar-refractivity contribution in [3.63, 3.8) is 0 Å². The van der Waals surface area contributed by atoms with Gasteiger partial charge in [-0.15, -0.1) is 24.0 Å². The quantitative estimate of drug-likeness (QED) is 0.140. The van der Waals surface area contributed by atoms with Gasteiger partial charge in [0.15, 0.2) is 5.96 Å². The number of hydrogen-bond donors (Lipinski definition) is 2. The molecule has 2 fully saturated rings. The number of allylic oxidation sites excluding steroid dienone is 2. The maximum absolute atomic E-state index is 12.7. The molecule has 0 radical (unpaired) electrons. The summed E-state index contributed by atoms with van der Waals surface area (Å²) in [6.07, 6.45) is 6.72. The third-order valence-corrected chi connectivity index (χ3v) is 6.48. The Morgan fingerprint density at radius 2 is 1.80 bits per heavy atom. The molecule has 2 N–H and O–H groups in total. The van der Waals surface area contributed by atoms with Gasteiger partial charge >= 0.3 is 0 Å². The minimum Gasteiger partial charge on any atom is -0.361 e. The van der Waals surface area contributed by atoms with Crippen molar-refractivity contribution in [3.05, 3.63) is 29.2 Å². The molecule has 164 valence electrons. The molecule has 1 aliphatic heterocycles. The molecule has 0 spiro atoms. The van der Waals surface area contributed by atoms with Crippen molar-refractivity contribution in [3.8, 4) is 0 Å². The van der Waals surface area contributed by atoms with Crippen molar-refractivity contribution in [1.82, 2.24) is 20.7 Å². The molecule has 2 aliphatic carbocycles. The Morgan fingerprint density at radius 3 is 2.37 bits per heavy atom. The number of carbonyl (C=O) groups excluding carboxylic acids is 2. The molecule has 30 heavy (non-hydrogen) atoms. The monoisotopic (exact) mass is 527 g/mol. The molecular weight excluding hydrogens is 497 g/mol. The number of carbonyl (C=O) groups is 2. The Bertz CT molecular complexity index is 815. The van der Waals surface area contributed by atoms with Gasteiger partial charge in [-0.3, -0.25) is 19.5 Å². The van der Waals surface area contributed by atoms with Gasteiger partial charge in [0, 0.05) is 32.2 Å². The van der Waals surface area contributed by atoms with E-state index in [9.17, 15) is 9.59 Å². The van der Waals surface area contributed by atoms with Crippen molar-refractivity contribution in [2.24, 2.45) is 28.7 Å². The predicted molar refractivity (Wildman–Crippen MR) is 124 cm³/mol. The zero-order chi connectivity index (χ0) is 20.5. The average molecular weight is 527 g/mol. The van der Waals surface area contributed by atoms with Crippen molar-refractivity contribution in [1.29, 1.82) is 0 Å². The van der Waals surface area contributed by atoms with Crippen LogP contribution in [0.25, 0.3) is 0 Å². The van der Waals surface area contributed by atoms with E-state index in [0.717, 1.165) is 29.9 Å². The van der Waals surface area contributed by atoms with Crippen LogP contribution in [-0.4, -0.2) is 54.5 Å². The molecule has 4 atom stereocenters. The van der Waals surface area contributed by atoms with Crippen LogP contribution < -0.4 is 10.6 Å². The van der Waals surface area contributed by atoms with Gasteiger partial charge in [0.2, 0.25) is 11.8 Å². The lowest BCUT2D eigenvalue weighted by Crippen LogP contribution is -2.40. The number of aryl methyl sites for hydroxylation is 2. The Hall–Kier alpha value is -1.91. The number of aromatic nitrogens is 1. The Kier molecular flexibility index (Phi) is 7.20. The summed E-state index contributed by atoms with van der Waals surface area (Å²) >= 11 is 0. The summed E-state index contributed by atoms with van der Waals surface area (Å²) in [6.45, 7) is 5.68. The number of imide groups is 1. The van der Waals surface area contributed by atoms with Crippen LogP contribution in [0, 0.1) is 37.5 Å². The van der Waals surface area contributed by atoms with E-state index in [-0.39, 0.29) is 59.5 Å². The normalized spacial score (nSPS) is 26.9. The predicted octanol–water partition coefficient (Wildman–Crippen LogP) is 1.81. The summed E-state index contributed by atoms with van der Waals surface area (Å²) in [6, 6.07) is 0. The van der Waals surface area contributed by atoms with Crippen LogP contribution in [0.1, 0.15) is 29.9 Å². The fourth-order valence-corrected chi connectivity index (χ4v) is 5.01. The second kappa shape index (κ2) is 9.49. The minimum atomic E-state index is -0.107. The topological polar surface area (TPSA) is 99.8 Å². The molecule has 1 saturated carbocycles. The SMILES string of the molecule is CN=C(NCCCN1C(=O)C2C3C=CC(C3)C2C1=O)NCCc1c(C)noc1C.I. The number of halogens is 1. The van der Waals surface area contributed by atoms with Gasteiger partial charge in [-0.05, 0) is 44.9 Å². The van der Waals surface area contributed by atoms with E-state index >= 15 is 0 Å². The van der Waals surface area contributed by atoms with Gasteiger partial charge in [0.05, 0.1) is 17.5 Å². The zero-order valence-electron chi connectivity index (χ0n) is 17.7. The third-order valence-electron chi connectivity index (χ3n) is 6.48. The second-order valence-corrected chi connectivity index (χ2v) is 8.16. The average Bonchev–Trinajstić information content (AvgIpc) is 3.45. The van der Waals surface area contributed by atoms with Crippen molar-refractivity contribution in [2.75, 3.05) is 26.7 Å². The largest absolute Gasteiger partial charge is 0.361 e. The summed E-state index contributed by atoms with van der Waals surface area (Å²) in [5.41, 5.74) is 2.04. The van der Waals surface area contributed by atoms with Gasteiger partial charge < -0.3 is 15.2 Å². The number of likely N-dealkylation sites (tertiary alicyclic amines) is 1. The third kappa shape index (κ3) is 4.13. The molecule has 4 unspecified atom stereocenters. The van der Waals surface area contributed by atoms with Crippen molar-refractivity contribution >= 4 is 41.8 Å². The van der Waals surface area contributed by atoms with Crippen LogP contribution in [0.3, 0.4) is 0 Å². The highest BCUT2D eigenvalue weighted by Gasteiger charge is 2.58. The van der Waals surface area contributed by atoms with Gasteiger partial charge in [-0.2, -0.15) is 0 Å². The van der Waals surface area contributed by atoms with E-state index < -0.39 is 0 Å². The molecule has 1 aromatic rings. The van der Waals surface area contributed by atoms with E-state index in [1.54, 1.807) is 7.05 Å². The first kappa shape index (κ1) is 22.8. The number of amides is 2. The van der Waals surface area contributed by atoms with E-state index in [4.69, 9.17) is 4.52 Å². The lowest BCUT2D eigenvalue weighted by atomic mass is 9.85. The Balaban J connectivity index is 0.00000256. The Morgan fingerprint density at radius 1 is 1.17 bits per heavy atom. The fraction of sp³-hybridized carbons (Fsp3) is 0.619. The van der Waals surface area contributed by atoms with Gasteiger partial charge in [0.25, 0.3) is 0 Å². The van der Waals surface area contributed by atoms with Crippen LogP contribution in [0.4, 0.5) is 0 Å². The molecule has 3 aliphatic rings. The lowest BCUT2D eigenvalue weighted by molar-refractivity contribution is -0.140. The molecule has 1 aromatic heterocycles. The number of nitrogens with zero attached hydrogens (tertiary/aromatic N) is 3. The van der Waals surface area contributed by atoms with Crippen molar-refractivity contribution in [2.45, 2.75) is 33.1 Å². The molecule has 2 heterocycles. The first-order valence-electron chi connectivity index (χ1n) is 10.4. The maximum Gasteiger partial charge on any atom is 0.233 e. The summed E-state index contributed by atoms with van der Waals surface area (Å²) in [5.74, 6) is 1.93. The van der Waals surface area contributed by atoms with Crippen LogP contribution >= 0.6 is 24.0 Å². The zero-order valence-corrected chi connectivity index (χ0v) is 20.0. The number of fused-ring (bicyclic) bond motifs is 5. The van der Waals surface area contributed by atoms with Crippen molar-refractivity contribution < 1.29 is 14.1 Å². The smallest absolute Gasteiger partial charge is 0.233 e. The highest BCUT2D eigenvalue weighted by atomic mass is 127. The van der Waals surface area contributed by atoms with Crippen LogP contribution in [0.2, 0.25) is 0 Å². The lowest BCUT2D eigenvalue weighted by Gasteiger charge is -2.18. The number of aliphatic imine (C=N–C) groups is 1. The van der Waals surface area contributed by atoms with E-state index in [1.807, 2.05) is 13.8 Å². The molecule has 9 heteroatoms. The first-order valence-corrected chi connectivity index (χ1v) is 10.4. The molecule has 2 bridgehead atoms. The molecule has 4 rings (SSSR count). The second-order valence-electron chi connectivity index (χ2n) is 8.16. The van der Waals surface area contributed by atoms with E-state index in [1.165, 1.54) is 4.90 Å². The number of rotatable bonds is 7. The summed E-state index contributed by atoms with van der Waals surface area (Å²) in [5, 5.41) is 10.5. The first-order chi connectivity index (χ1) is 14.0. The molecule has 2 amide bonds. The van der Waals surface area contributed by atoms with Gasteiger partial charge in [-0.1, -0.05) is 17.3 Å². The number of nitrogens with one attached hydrogen (secondary N) is 2. The number of guanidine groups is 1. The minimum absolute atomic E-state index is 0. The van der Waals surface area contributed by atoms with E-state index in [0.29, 0.717) is 32.0 Å². The van der Waals surface area contributed by atoms with Gasteiger partial charge in [-0.25, -0.2) is 0 Å². The molecule has 1 saturated heterocycles. The Labute approximate surface area is 193 Å². The van der Waals surface area contributed by atoms with Crippen LogP contribution in [-0.2, 0) is 16.0 Å². The highest BCUT2D eigenvalue weighted by molar-refractivity contribution is 14.0. The summed E-state index contributed by atoms with van der Waals surface area (Å²) in [4.78, 5) is 31.1. The van der Waals surface area contributed by atoms with E-state index in [2.05, 4.69) is 32.9 Å². The highest BCUT2D eigenvalue weighted by Crippen LogP contribution is 2.52. The number of hydrogen-bond acceptors (Lipinski definition) is 5. The summed E-state index contributed by atoms with van der Waals surface area (Å²) in [7, 11) is 1.72. The van der Waals surface area contributed by atoms with Crippen LogP contribution in [0.15, 0.2) is 21.7 Å². The molecular formula is C21H30IN5O3.